The number of hydrogen-bond acceptors (Lipinski definition) is 3. The van der Waals surface area contributed by atoms with Gasteiger partial charge in [-0.2, -0.15) is 0 Å². The minimum Gasteiger partial charge on any atom is -0.493 e. The lowest BCUT2D eigenvalue weighted by atomic mass is 10.2. The Labute approximate surface area is 141 Å². The first-order valence-corrected chi connectivity index (χ1v) is 7.87. The van der Waals surface area contributed by atoms with E-state index in [0.717, 1.165) is 36.8 Å². The van der Waals surface area contributed by atoms with Crippen LogP contribution in [0.1, 0.15) is 5.76 Å². The molecule has 0 radical (unpaired) electrons. The van der Waals surface area contributed by atoms with Crippen LogP contribution in [-0.2, 0) is 6.54 Å². The number of para-hydroxylation sites is 1. The van der Waals surface area contributed by atoms with Gasteiger partial charge in [0, 0.05) is 19.7 Å². The van der Waals surface area contributed by atoms with E-state index in [1.165, 1.54) is 0 Å². The molecular formula is C16H13ClINO2. The van der Waals surface area contributed by atoms with Crippen LogP contribution >= 0.6 is 34.2 Å². The average molecular weight is 414 g/mol. The van der Waals surface area contributed by atoms with Gasteiger partial charge in [-0.3, -0.25) is 0 Å². The molecule has 1 heterocycles. The molecule has 108 valence electrons. The van der Waals surface area contributed by atoms with Gasteiger partial charge in [-0.15, -0.1) is 0 Å². The molecule has 0 bridgehead atoms. The summed E-state index contributed by atoms with van der Waals surface area (Å²) in [5.41, 5.74) is 1.81. The lowest BCUT2D eigenvalue weighted by Crippen LogP contribution is -1.99. The summed E-state index contributed by atoms with van der Waals surface area (Å²) in [5, 5.41) is 5.13. The highest BCUT2D eigenvalue weighted by atomic mass is 127. The summed E-state index contributed by atoms with van der Waals surface area (Å²) < 4.78 is 12.2. The normalized spacial score (nSPS) is 10.8. The van der Waals surface area contributed by atoms with Gasteiger partial charge in [-0.1, -0.05) is 23.7 Å². The highest BCUT2D eigenvalue weighted by Crippen LogP contribution is 2.29. The molecule has 5 heteroatoms. The predicted octanol–water partition coefficient (Wildman–Crippen LogP) is 5.31. The Hall–Kier alpha value is -1.40. The molecule has 3 nitrogen and oxygen atoms in total. The Morgan fingerprint density at radius 1 is 1.24 bits per heavy atom. The van der Waals surface area contributed by atoms with Gasteiger partial charge in [0.2, 0.25) is 0 Å². The largest absolute Gasteiger partial charge is 0.493 e. The summed E-state index contributed by atoms with van der Waals surface area (Å²) in [5.74, 6) is 1.61. The number of hydrogen-bond donors (Lipinski definition) is 1. The van der Waals surface area contributed by atoms with Crippen LogP contribution < -0.4 is 10.1 Å². The standard InChI is InChI=1S/C16H13ClINO2/c1-20-15-4-2-3-10-7-12(21-16(10)15)9-19-14-6-5-11(17)8-13(14)18/h2-8,19H,9H2,1H3. The van der Waals surface area contributed by atoms with Crippen molar-refractivity contribution in [3.05, 3.63) is 56.8 Å². The smallest absolute Gasteiger partial charge is 0.176 e. The Balaban J connectivity index is 1.82. The SMILES string of the molecule is COc1cccc2cc(CNc3ccc(Cl)cc3I)oc12. The lowest BCUT2D eigenvalue weighted by molar-refractivity contribution is 0.408. The summed E-state index contributed by atoms with van der Waals surface area (Å²) in [6.45, 7) is 0.607. The summed E-state index contributed by atoms with van der Waals surface area (Å²) >= 11 is 8.21. The number of anilines is 1. The molecule has 0 amide bonds. The summed E-state index contributed by atoms with van der Waals surface area (Å²) in [6, 6.07) is 13.6. The van der Waals surface area contributed by atoms with Crippen molar-refractivity contribution in [3.8, 4) is 5.75 Å². The highest BCUT2D eigenvalue weighted by molar-refractivity contribution is 14.1. The van der Waals surface area contributed by atoms with E-state index in [1.807, 2.05) is 42.5 Å². The average Bonchev–Trinajstić information content (AvgIpc) is 2.89. The second kappa shape index (κ2) is 6.15. The van der Waals surface area contributed by atoms with Gasteiger partial charge in [-0.25, -0.2) is 0 Å². The summed E-state index contributed by atoms with van der Waals surface area (Å²) in [6.07, 6.45) is 0. The molecule has 3 rings (SSSR count). The van der Waals surface area contributed by atoms with Crippen LogP contribution in [-0.4, -0.2) is 7.11 Å². The van der Waals surface area contributed by atoms with Crippen LogP contribution in [0.5, 0.6) is 5.75 Å². The second-order valence-electron chi connectivity index (χ2n) is 4.57. The van der Waals surface area contributed by atoms with E-state index in [-0.39, 0.29) is 0 Å². The van der Waals surface area contributed by atoms with Crippen LogP contribution in [0.25, 0.3) is 11.0 Å². The fourth-order valence-electron chi connectivity index (χ4n) is 2.15. The zero-order chi connectivity index (χ0) is 14.8. The third-order valence-electron chi connectivity index (χ3n) is 3.16. The van der Waals surface area contributed by atoms with E-state index in [1.54, 1.807) is 7.11 Å². The predicted molar refractivity (Wildman–Crippen MR) is 94.3 cm³/mol. The molecule has 0 unspecified atom stereocenters. The van der Waals surface area contributed by atoms with E-state index in [2.05, 4.69) is 27.9 Å². The molecule has 0 atom stereocenters. The number of fused-ring (bicyclic) bond motifs is 1. The monoisotopic (exact) mass is 413 g/mol. The van der Waals surface area contributed by atoms with Crippen molar-refractivity contribution < 1.29 is 9.15 Å². The fraction of sp³-hybridized carbons (Fsp3) is 0.125. The van der Waals surface area contributed by atoms with Gasteiger partial charge < -0.3 is 14.5 Å². The summed E-state index contributed by atoms with van der Waals surface area (Å²) in [4.78, 5) is 0. The zero-order valence-corrected chi connectivity index (χ0v) is 14.2. The molecule has 0 aliphatic carbocycles. The van der Waals surface area contributed by atoms with E-state index < -0.39 is 0 Å². The van der Waals surface area contributed by atoms with Gasteiger partial charge in [0.25, 0.3) is 0 Å². The van der Waals surface area contributed by atoms with Crippen molar-refractivity contribution in [1.29, 1.82) is 0 Å². The highest BCUT2D eigenvalue weighted by Gasteiger charge is 2.09. The van der Waals surface area contributed by atoms with Crippen molar-refractivity contribution in [3.63, 3.8) is 0 Å². The summed E-state index contributed by atoms with van der Waals surface area (Å²) in [7, 11) is 1.64. The number of furan rings is 1. The molecule has 0 fully saturated rings. The first-order valence-electron chi connectivity index (χ1n) is 6.42. The molecule has 1 N–H and O–H groups in total. The van der Waals surface area contributed by atoms with Gasteiger partial charge in [0.15, 0.2) is 11.3 Å². The minimum absolute atomic E-state index is 0.607. The molecule has 2 aromatic carbocycles. The van der Waals surface area contributed by atoms with Crippen LogP contribution in [0.15, 0.2) is 46.9 Å². The maximum Gasteiger partial charge on any atom is 0.176 e. The number of ether oxygens (including phenoxy) is 1. The number of rotatable bonds is 4. The molecule has 3 aromatic rings. The number of benzene rings is 2. The molecule has 0 saturated carbocycles. The van der Waals surface area contributed by atoms with Gasteiger partial charge in [0.1, 0.15) is 5.76 Å². The lowest BCUT2D eigenvalue weighted by Gasteiger charge is -2.07. The van der Waals surface area contributed by atoms with Gasteiger partial charge in [0.05, 0.1) is 13.7 Å². The van der Waals surface area contributed by atoms with E-state index >= 15 is 0 Å². The van der Waals surface area contributed by atoms with Crippen molar-refractivity contribution in [1.82, 2.24) is 0 Å². The van der Waals surface area contributed by atoms with Crippen LogP contribution in [0.4, 0.5) is 5.69 Å². The van der Waals surface area contributed by atoms with Crippen molar-refractivity contribution in [2.75, 3.05) is 12.4 Å². The molecule has 1 aromatic heterocycles. The quantitative estimate of drug-likeness (QED) is 0.589. The molecule has 0 spiro atoms. The topological polar surface area (TPSA) is 34.4 Å². The van der Waals surface area contributed by atoms with Crippen LogP contribution in [0.3, 0.4) is 0 Å². The Morgan fingerprint density at radius 3 is 2.86 bits per heavy atom. The zero-order valence-electron chi connectivity index (χ0n) is 11.3. The molecular weight excluding hydrogens is 401 g/mol. The van der Waals surface area contributed by atoms with Crippen molar-refractivity contribution >= 4 is 50.8 Å². The Bertz CT molecular complexity index is 785. The van der Waals surface area contributed by atoms with E-state index in [4.69, 9.17) is 20.8 Å². The first kappa shape index (κ1) is 14.5. The van der Waals surface area contributed by atoms with Crippen LogP contribution in [0.2, 0.25) is 5.02 Å². The maximum absolute atomic E-state index is 5.96. The molecule has 21 heavy (non-hydrogen) atoms. The van der Waals surface area contributed by atoms with Crippen LogP contribution in [0, 0.1) is 3.57 Å². The number of halogens is 2. The molecule has 0 aliphatic heterocycles. The minimum atomic E-state index is 0.607. The van der Waals surface area contributed by atoms with Crippen molar-refractivity contribution in [2.24, 2.45) is 0 Å². The third kappa shape index (κ3) is 3.11. The fourth-order valence-corrected chi connectivity index (χ4v) is 3.21. The van der Waals surface area contributed by atoms with E-state index in [0.29, 0.717) is 6.54 Å². The number of nitrogens with one attached hydrogen (secondary N) is 1. The Kier molecular flexibility index (Phi) is 4.26. The van der Waals surface area contributed by atoms with Gasteiger partial charge in [-0.05, 0) is 52.9 Å². The van der Waals surface area contributed by atoms with Crippen molar-refractivity contribution in [2.45, 2.75) is 6.54 Å². The Morgan fingerprint density at radius 2 is 2.10 bits per heavy atom. The second-order valence-corrected chi connectivity index (χ2v) is 6.17. The van der Waals surface area contributed by atoms with E-state index in [9.17, 15) is 0 Å². The number of methoxy groups -OCH3 is 1. The van der Waals surface area contributed by atoms with Gasteiger partial charge >= 0.3 is 0 Å². The molecule has 0 aliphatic rings. The molecule has 0 saturated heterocycles. The first-order chi connectivity index (χ1) is 10.2. The maximum atomic E-state index is 5.96. The third-order valence-corrected chi connectivity index (χ3v) is 4.29.